The molecule has 2 heterocycles. The maximum Gasteiger partial charge on any atom is 0.231 e. The summed E-state index contributed by atoms with van der Waals surface area (Å²) in [5.41, 5.74) is -0.280. The molecule has 19 heavy (non-hydrogen) atoms. The molecule has 0 aliphatic carbocycles. The summed E-state index contributed by atoms with van der Waals surface area (Å²) in [5.74, 6) is 0.518. The second kappa shape index (κ2) is 6.30. The topological polar surface area (TPSA) is 66.9 Å². The van der Waals surface area contributed by atoms with Gasteiger partial charge in [0.1, 0.15) is 5.82 Å². The number of rotatable bonds is 4. The Hall–Kier alpha value is -1.20. The van der Waals surface area contributed by atoms with E-state index in [2.05, 4.69) is 27.5 Å². The van der Waals surface area contributed by atoms with Gasteiger partial charge in [-0.15, -0.1) is 0 Å². The fourth-order valence-electron chi connectivity index (χ4n) is 2.63. The Morgan fingerprint density at radius 3 is 2.89 bits per heavy atom. The first-order chi connectivity index (χ1) is 9.16. The predicted molar refractivity (Wildman–Crippen MR) is 75.1 cm³/mol. The highest BCUT2D eigenvalue weighted by Gasteiger charge is 2.38. The van der Waals surface area contributed by atoms with E-state index in [1.807, 2.05) is 0 Å². The van der Waals surface area contributed by atoms with Crippen molar-refractivity contribution in [1.29, 1.82) is 0 Å². The van der Waals surface area contributed by atoms with Gasteiger partial charge in [-0.1, -0.05) is 13.3 Å². The molecule has 0 unspecified atom stereocenters. The van der Waals surface area contributed by atoms with E-state index in [-0.39, 0.29) is 16.6 Å². The van der Waals surface area contributed by atoms with Crippen LogP contribution in [-0.2, 0) is 4.79 Å². The van der Waals surface area contributed by atoms with Gasteiger partial charge in [0, 0.05) is 6.20 Å². The molecule has 0 saturated carbocycles. The van der Waals surface area contributed by atoms with E-state index in [1.165, 1.54) is 0 Å². The molecule has 1 saturated heterocycles. The summed E-state index contributed by atoms with van der Waals surface area (Å²) in [5, 5.41) is 6.32. The highest BCUT2D eigenvalue weighted by molar-refractivity contribution is 6.28. The SMILES string of the molecule is CCCC1(C(=O)Nc2ccnc(Cl)n2)CCNCC1. The van der Waals surface area contributed by atoms with Crippen molar-refractivity contribution in [2.24, 2.45) is 5.41 Å². The lowest BCUT2D eigenvalue weighted by atomic mass is 9.74. The fraction of sp³-hybridized carbons (Fsp3) is 0.615. The number of hydrogen-bond acceptors (Lipinski definition) is 4. The van der Waals surface area contributed by atoms with Gasteiger partial charge in [0.25, 0.3) is 0 Å². The van der Waals surface area contributed by atoms with Crippen LogP contribution in [0.2, 0.25) is 5.28 Å². The van der Waals surface area contributed by atoms with Gasteiger partial charge in [0.05, 0.1) is 5.41 Å². The zero-order valence-corrected chi connectivity index (χ0v) is 11.8. The summed E-state index contributed by atoms with van der Waals surface area (Å²) in [6.45, 7) is 3.88. The standard InChI is InChI=1S/C13H19ClN4O/c1-2-4-13(5-8-15-9-6-13)11(19)17-10-3-7-16-12(14)18-10/h3,7,15H,2,4-6,8-9H2,1H3,(H,16,17,18,19). The molecule has 0 aromatic carbocycles. The first-order valence-electron chi connectivity index (χ1n) is 6.67. The number of nitrogens with zero attached hydrogens (tertiary/aromatic N) is 2. The highest BCUT2D eigenvalue weighted by atomic mass is 35.5. The van der Waals surface area contributed by atoms with E-state index in [9.17, 15) is 4.79 Å². The van der Waals surface area contributed by atoms with Crippen LogP contribution in [-0.4, -0.2) is 29.0 Å². The van der Waals surface area contributed by atoms with Crippen LogP contribution < -0.4 is 10.6 Å². The molecule has 1 fully saturated rings. The van der Waals surface area contributed by atoms with Crippen LogP contribution in [0, 0.1) is 5.41 Å². The van der Waals surface area contributed by atoms with Crippen LogP contribution >= 0.6 is 11.6 Å². The van der Waals surface area contributed by atoms with E-state index in [0.29, 0.717) is 5.82 Å². The summed E-state index contributed by atoms with van der Waals surface area (Å²) in [7, 11) is 0. The van der Waals surface area contributed by atoms with Crippen molar-refractivity contribution in [2.75, 3.05) is 18.4 Å². The molecule has 104 valence electrons. The van der Waals surface area contributed by atoms with Crippen molar-refractivity contribution in [3.05, 3.63) is 17.5 Å². The van der Waals surface area contributed by atoms with Gasteiger partial charge in [-0.25, -0.2) is 9.97 Å². The molecule has 1 aromatic heterocycles. The third kappa shape index (κ3) is 3.42. The molecule has 5 nitrogen and oxygen atoms in total. The van der Waals surface area contributed by atoms with E-state index in [1.54, 1.807) is 12.3 Å². The number of amides is 1. The van der Waals surface area contributed by atoms with Gasteiger partial charge in [0.2, 0.25) is 11.2 Å². The number of nitrogens with one attached hydrogen (secondary N) is 2. The maximum atomic E-state index is 12.5. The monoisotopic (exact) mass is 282 g/mol. The van der Waals surface area contributed by atoms with Crippen LogP contribution in [0.25, 0.3) is 0 Å². The van der Waals surface area contributed by atoms with Crippen LogP contribution in [0.15, 0.2) is 12.3 Å². The predicted octanol–water partition coefficient (Wildman–Crippen LogP) is 2.24. The van der Waals surface area contributed by atoms with Gasteiger partial charge < -0.3 is 10.6 Å². The lowest BCUT2D eigenvalue weighted by Crippen LogP contribution is -2.45. The number of halogens is 1. The van der Waals surface area contributed by atoms with Crippen LogP contribution in [0.1, 0.15) is 32.6 Å². The second-order valence-corrected chi connectivity index (χ2v) is 5.28. The third-order valence-corrected chi connectivity index (χ3v) is 3.82. The molecular formula is C13H19ClN4O. The van der Waals surface area contributed by atoms with Gasteiger partial charge in [-0.05, 0) is 50.0 Å². The molecule has 0 bridgehead atoms. The van der Waals surface area contributed by atoms with Crippen LogP contribution in [0.5, 0.6) is 0 Å². The molecule has 1 aromatic rings. The minimum Gasteiger partial charge on any atom is -0.317 e. The lowest BCUT2D eigenvalue weighted by molar-refractivity contribution is -0.127. The normalized spacial score (nSPS) is 18.0. The summed E-state index contributed by atoms with van der Waals surface area (Å²) >= 11 is 5.73. The number of hydrogen-bond donors (Lipinski definition) is 2. The van der Waals surface area contributed by atoms with Gasteiger partial charge in [-0.3, -0.25) is 4.79 Å². The summed E-state index contributed by atoms with van der Waals surface area (Å²) in [4.78, 5) is 20.4. The zero-order valence-electron chi connectivity index (χ0n) is 11.1. The molecule has 2 N–H and O–H groups in total. The van der Waals surface area contributed by atoms with E-state index >= 15 is 0 Å². The Labute approximate surface area is 118 Å². The summed E-state index contributed by atoms with van der Waals surface area (Å²) < 4.78 is 0. The number of anilines is 1. The van der Waals surface area contributed by atoms with Gasteiger partial charge in [-0.2, -0.15) is 0 Å². The van der Waals surface area contributed by atoms with E-state index < -0.39 is 0 Å². The Morgan fingerprint density at radius 2 is 2.26 bits per heavy atom. The average Bonchev–Trinajstić information content (AvgIpc) is 2.40. The van der Waals surface area contributed by atoms with Crippen molar-refractivity contribution < 1.29 is 4.79 Å². The first kappa shape index (κ1) is 14.2. The number of piperidine rings is 1. The maximum absolute atomic E-state index is 12.5. The second-order valence-electron chi connectivity index (χ2n) is 4.95. The number of aromatic nitrogens is 2. The van der Waals surface area contributed by atoms with Gasteiger partial charge in [0.15, 0.2) is 0 Å². The lowest BCUT2D eigenvalue weighted by Gasteiger charge is -2.35. The average molecular weight is 283 g/mol. The Bertz CT molecular complexity index is 441. The van der Waals surface area contributed by atoms with E-state index in [0.717, 1.165) is 38.8 Å². The number of carbonyl (C=O) groups is 1. The van der Waals surface area contributed by atoms with Crippen molar-refractivity contribution in [2.45, 2.75) is 32.6 Å². The van der Waals surface area contributed by atoms with E-state index in [4.69, 9.17) is 11.6 Å². The van der Waals surface area contributed by atoms with Crippen molar-refractivity contribution in [1.82, 2.24) is 15.3 Å². The van der Waals surface area contributed by atoms with Gasteiger partial charge >= 0.3 is 0 Å². The fourth-order valence-corrected chi connectivity index (χ4v) is 2.78. The minimum absolute atomic E-state index is 0.0469. The van der Waals surface area contributed by atoms with Crippen LogP contribution in [0.3, 0.4) is 0 Å². The zero-order chi connectivity index (χ0) is 13.7. The van der Waals surface area contributed by atoms with Crippen LogP contribution in [0.4, 0.5) is 5.82 Å². The molecule has 2 rings (SSSR count). The molecule has 1 aliphatic heterocycles. The Balaban J connectivity index is 2.11. The Morgan fingerprint density at radius 1 is 1.53 bits per heavy atom. The Kier molecular flexibility index (Phi) is 4.71. The molecule has 1 aliphatic rings. The largest absolute Gasteiger partial charge is 0.317 e. The third-order valence-electron chi connectivity index (χ3n) is 3.64. The molecular weight excluding hydrogens is 264 g/mol. The molecule has 0 atom stereocenters. The quantitative estimate of drug-likeness (QED) is 0.831. The van der Waals surface area contributed by atoms with Crippen molar-refractivity contribution in [3.8, 4) is 0 Å². The molecule has 0 radical (unpaired) electrons. The highest BCUT2D eigenvalue weighted by Crippen LogP contribution is 2.35. The summed E-state index contributed by atoms with van der Waals surface area (Å²) in [6.07, 6.45) is 5.17. The molecule has 0 spiro atoms. The summed E-state index contributed by atoms with van der Waals surface area (Å²) in [6, 6.07) is 1.66. The minimum atomic E-state index is -0.280. The number of carbonyl (C=O) groups excluding carboxylic acids is 1. The van der Waals surface area contributed by atoms with Crippen molar-refractivity contribution in [3.63, 3.8) is 0 Å². The molecule has 6 heteroatoms. The first-order valence-corrected chi connectivity index (χ1v) is 7.05. The van der Waals surface area contributed by atoms with Crippen molar-refractivity contribution >= 4 is 23.3 Å². The smallest absolute Gasteiger partial charge is 0.231 e. The molecule has 1 amide bonds.